The molecule has 2 aromatic rings. The van der Waals surface area contributed by atoms with Crippen LogP contribution in [0.25, 0.3) is 0 Å². The zero-order chi connectivity index (χ0) is 13.8. The molecule has 1 heterocycles. The number of hydrogen-bond donors (Lipinski definition) is 1. The summed E-state index contributed by atoms with van der Waals surface area (Å²) < 4.78 is 6.48. The summed E-state index contributed by atoms with van der Waals surface area (Å²) in [6.07, 6.45) is 0. The molecule has 4 nitrogen and oxygen atoms in total. The summed E-state index contributed by atoms with van der Waals surface area (Å²) in [5.74, 6) is 2.12. The van der Waals surface area contributed by atoms with E-state index in [1.54, 1.807) is 18.2 Å². The third-order valence-corrected chi connectivity index (χ3v) is 3.26. The van der Waals surface area contributed by atoms with Gasteiger partial charge in [-0.15, -0.1) is 0 Å². The number of anilines is 1. The number of hydrogen-bond acceptors (Lipinski definition) is 4. The maximum Gasteiger partial charge on any atom is 0.168 e. The summed E-state index contributed by atoms with van der Waals surface area (Å²) in [6.45, 7) is 2.22. The van der Waals surface area contributed by atoms with E-state index in [-0.39, 0.29) is 0 Å². The Kier molecular flexibility index (Phi) is 4.61. The van der Waals surface area contributed by atoms with Crippen LogP contribution in [0.15, 0.2) is 28.7 Å². The van der Waals surface area contributed by atoms with Gasteiger partial charge in [0.05, 0.1) is 4.47 Å². The Balaban J connectivity index is 2.12. The van der Waals surface area contributed by atoms with Crippen molar-refractivity contribution in [1.29, 1.82) is 0 Å². The van der Waals surface area contributed by atoms with Crippen LogP contribution in [0.2, 0.25) is 5.02 Å². The fraction of sp³-hybridized carbons (Fsp3) is 0.231. The normalized spacial score (nSPS) is 10.3. The van der Waals surface area contributed by atoms with Gasteiger partial charge in [-0.25, -0.2) is 9.97 Å². The van der Waals surface area contributed by atoms with Crippen LogP contribution >= 0.6 is 27.5 Å². The van der Waals surface area contributed by atoms with E-state index in [1.807, 2.05) is 20.0 Å². The summed E-state index contributed by atoms with van der Waals surface area (Å²) in [6, 6.07) is 7.24. The molecular formula is C13H13BrClN3O. The van der Waals surface area contributed by atoms with Gasteiger partial charge in [-0.3, -0.25) is 0 Å². The van der Waals surface area contributed by atoms with Crippen molar-refractivity contribution in [1.82, 2.24) is 9.97 Å². The van der Waals surface area contributed by atoms with Crippen LogP contribution < -0.4 is 10.1 Å². The number of aromatic nitrogens is 2. The third-order valence-electron chi connectivity index (χ3n) is 2.41. The lowest BCUT2D eigenvalue weighted by Crippen LogP contribution is -2.05. The highest BCUT2D eigenvalue weighted by atomic mass is 79.9. The van der Waals surface area contributed by atoms with E-state index < -0.39 is 0 Å². The minimum atomic E-state index is 0.302. The van der Waals surface area contributed by atoms with Crippen LogP contribution in [0.4, 0.5) is 5.82 Å². The van der Waals surface area contributed by atoms with Gasteiger partial charge >= 0.3 is 0 Å². The molecule has 1 N–H and O–H groups in total. The van der Waals surface area contributed by atoms with Crippen molar-refractivity contribution in [3.8, 4) is 5.75 Å². The summed E-state index contributed by atoms with van der Waals surface area (Å²) in [5.41, 5.74) is 0.896. The average molecular weight is 343 g/mol. The number of benzene rings is 1. The number of ether oxygens (including phenoxy) is 1. The first kappa shape index (κ1) is 14.1. The molecule has 1 aromatic carbocycles. The molecule has 0 amide bonds. The van der Waals surface area contributed by atoms with Crippen LogP contribution in [0.3, 0.4) is 0 Å². The maximum absolute atomic E-state index is 5.88. The summed E-state index contributed by atoms with van der Waals surface area (Å²) in [7, 11) is 1.82. The molecule has 0 spiro atoms. The van der Waals surface area contributed by atoms with Crippen LogP contribution in [0.1, 0.15) is 11.5 Å². The average Bonchev–Trinajstić information content (AvgIpc) is 2.37. The fourth-order valence-corrected chi connectivity index (χ4v) is 2.35. The van der Waals surface area contributed by atoms with Gasteiger partial charge in [0.1, 0.15) is 18.2 Å². The van der Waals surface area contributed by atoms with Gasteiger partial charge in [-0.1, -0.05) is 11.6 Å². The Morgan fingerprint density at radius 1 is 1.32 bits per heavy atom. The van der Waals surface area contributed by atoms with Crippen molar-refractivity contribution in [2.24, 2.45) is 0 Å². The molecule has 19 heavy (non-hydrogen) atoms. The first-order valence-corrected chi connectivity index (χ1v) is 6.86. The molecular weight excluding hydrogens is 330 g/mol. The molecule has 0 atom stereocenters. The van der Waals surface area contributed by atoms with Crippen LogP contribution in [-0.2, 0) is 6.61 Å². The molecule has 0 unspecified atom stereocenters. The highest BCUT2D eigenvalue weighted by Crippen LogP contribution is 2.28. The molecule has 2 rings (SSSR count). The molecule has 0 bridgehead atoms. The van der Waals surface area contributed by atoms with Crippen molar-refractivity contribution in [3.05, 3.63) is 45.3 Å². The number of nitrogens with one attached hydrogen (secondary N) is 1. The van der Waals surface area contributed by atoms with Crippen LogP contribution in [0, 0.1) is 6.92 Å². The quantitative estimate of drug-likeness (QED) is 0.917. The van der Waals surface area contributed by atoms with E-state index in [2.05, 4.69) is 31.2 Å². The SMILES string of the molecule is CNc1cc(C)nc(COc2ccc(Cl)cc2Br)n1. The molecule has 6 heteroatoms. The van der Waals surface area contributed by atoms with Crippen molar-refractivity contribution in [2.75, 3.05) is 12.4 Å². The standard InChI is InChI=1S/C13H13BrClN3O/c1-8-5-12(16-2)18-13(17-8)7-19-11-4-3-9(15)6-10(11)14/h3-6H,7H2,1-2H3,(H,16,17,18). The van der Waals surface area contributed by atoms with E-state index in [0.717, 1.165) is 16.0 Å². The van der Waals surface area contributed by atoms with Crippen molar-refractivity contribution in [3.63, 3.8) is 0 Å². The molecule has 0 fully saturated rings. The van der Waals surface area contributed by atoms with E-state index in [1.165, 1.54) is 0 Å². The zero-order valence-corrected chi connectivity index (χ0v) is 12.9. The Bertz CT molecular complexity index is 592. The van der Waals surface area contributed by atoms with Gasteiger partial charge in [-0.2, -0.15) is 0 Å². The van der Waals surface area contributed by atoms with E-state index in [4.69, 9.17) is 16.3 Å². The Morgan fingerprint density at radius 2 is 2.11 bits per heavy atom. The molecule has 0 radical (unpaired) electrons. The van der Waals surface area contributed by atoms with Gasteiger partial charge in [0.2, 0.25) is 0 Å². The third kappa shape index (κ3) is 3.81. The number of rotatable bonds is 4. The smallest absolute Gasteiger partial charge is 0.168 e. The minimum Gasteiger partial charge on any atom is -0.484 e. The Morgan fingerprint density at radius 3 is 2.79 bits per heavy atom. The van der Waals surface area contributed by atoms with E-state index in [0.29, 0.717) is 23.2 Å². The number of nitrogens with zero attached hydrogens (tertiary/aromatic N) is 2. The van der Waals surface area contributed by atoms with Crippen molar-refractivity contribution < 1.29 is 4.74 Å². The Labute approximate surface area is 125 Å². The van der Waals surface area contributed by atoms with Gasteiger partial charge in [0.15, 0.2) is 5.82 Å². The highest BCUT2D eigenvalue weighted by molar-refractivity contribution is 9.10. The first-order valence-electron chi connectivity index (χ1n) is 5.68. The maximum atomic E-state index is 5.88. The summed E-state index contributed by atoms with van der Waals surface area (Å²) in [4.78, 5) is 8.65. The van der Waals surface area contributed by atoms with Gasteiger partial charge in [0, 0.05) is 23.8 Å². The lowest BCUT2D eigenvalue weighted by molar-refractivity contribution is 0.294. The summed E-state index contributed by atoms with van der Waals surface area (Å²) in [5, 5.41) is 3.65. The lowest BCUT2D eigenvalue weighted by atomic mass is 10.3. The monoisotopic (exact) mass is 341 g/mol. The lowest BCUT2D eigenvalue weighted by Gasteiger charge is -2.09. The second-order valence-electron chi connectivity index (χ2n) is 3.92. The van der Waals surface area contributed by atoms with Crippen molar-refractivity contribution in [2.45, 2.75) is 13.5 Å². The number of halogens is 2. The van der Waals surface area contributed by atoms with E-state index in [9.17, 15) is 0 Å². The Hall–Kier alpha value is -1.33. The molecule has 0 saturated heterocycles. The molecule has 0 aliphatic rings. The van der Waals surface area contributed by atoms with Crippen molar-refractivity contribution >= 4 is 33.3 Å². The molecule has 0 saturated carbocycles. The largest absolute Gasteiger partial charge is 0.484 e. The second-order valence-corrected chi connectivity index (χ2v) is 5.21. The predicted molar refractivity (Wildman–Crippen MR) is 79.8 cm³/mol. The predicted octanol–water partition coefficient (Wildman–Crippen LogP) is 3.82. The molecule has 0 aliphatic heterocycles. The fourth-order valence-electron chi connectivity index (χ4n) is 1.56. The van der Waals surface area contributed by atoms with Crippen LogP contribution in [-0.4, -0.2) is 17.0 Å². The molecule has 1 aromatic heterocycles. The van der Waals surface area contributed by atoms with Crippen LogP contribution in [0.5, 0.6) is 5.75 Å². The number of aryl methyl sites for hydroxylation is 1. The zero-order valence-electron chi connectivity index (χ0n) is 10.6. The molecule has 100 valence electrons. The van der Waals surface area contributed by atoms with E-state index >= 15 is 0 Å². The first-order chi connectivity index (χ1) is 9.08. The minimum absolute atomic E-state index is 0.302. The summed E-state index contributed by atoms with van der Waals surface area (Å²) >= 11 is 9.28. The van der Waals surface area contributed by atoms with Gasteiger partial charge < -0.3 is 10.1 Å². The highest BCUT2D eigenvalue weighted by Gasteiger charge is 2.05. The van der Waals surface area contributed by atoms with Gasteiger partial charge in [0.25, 0.3) is 0 Å². The van der Waals surface area contributed by atoms with Gasteiger partial charge in [-0.05, 0) is 41.1 Å². The second kappa shape index (κ2) is 6.21. The molecule has 0 aliphatic carbocycles. The topological polar surface area (TPSA) is 47.0 Å².